The van der Waals surface area contributed by atoms with Gasteiger partial charge in [0.25, 0.3) is 0 Å². The minimum Gasteiger partial charge on any atom is -0.507 e. The van der Waals surface area contributed by atoms with E-state index < -0.39 is 11.2 Å². The molecular formula is C24H19ClN2O5. The number of hydrogen-bond donors (Lipinski definition) is 2. The number of Topliss-reactive ketones (excluding diaryl/α,β-unsaturated/α-hetero) is 2. The van der Waals surface area contributed by atoms with Gasteiger partial charge in [-0.1, -0.05) is 17.7 Å². The van der Waals surface area contributed by atoms with Crippen LogP contribution in [0.15, 0.2) is 30.0 Å². The summed E-state index contributed by atoms with van der Waals surface area (Å²) in [5.41, 5.74) is 0.948. The average molecular weight is 451 g/mol. The Bertz CT molecular complexity index is 1420. The maximum atomic E-state index is 13.9. The maximum Gasteiger partial charge on any atom is 0.185 e. The number of aryl methyl sites for hydroxylation is 1. The Labute approximate surface area is 188 Å². The van der Waals surface area contributed by atoms with Crippen molar-refractivity contribution in [3.63, 3.8) is 0 Å². The highest BCUT2D eigenvalue weighted by molar-refractivity contribution is 6.30. The SMILES string of the molecule is CC(=O)c1c(O)c(C)c(O)c2c1OC1=Cc3c(c(C)nn3-c3cccc(Cl)c3)C(=O)C12C. The standard InChI is InChI=1S/C24H19ClN2O5/c1-10-20(29)18(12(3)28)22-19(21(10)30)24(4)16(32-22)9-15-17(23(24)31)11(2)26-27(15)14-7-5-6-13(25)8-14/h5-9,29-30H,1-4H3. The lowest BCUT2D eigenvalue weighted by Crippen LogP contribution is -2.36. The molecule has 0 saturated heterocycles. The quantitative estimate of drug-likeness (QED) is 0.551. The lowest BCUT2D eigenvalue weighted by molar-refractivity contribution is 0.0905. The van der Waals surface area contributed by atoms with Crippen LogP contribution in [0.3, 0.4) is 0 Å². The number of fused-ring (bicyclic) bond motifs is 4. The first-order chi connectivity index (χ1) is 15.1. The number of ketones is 2. The molecular weight excluding hydrogens is 432 g/mol. The maximum absolute atomic E-state index is 13.9. The molecule has 0 radical (unpaired) electrons. The smallest absolute Gasteiger partial charge is 0.185 e. The number of halogens is 1. The number of phenols is 2. The van der Waals surface area contributed by atoms with Crippen LogP contribution >= 0.6 is 11.6 Å². The average Bonchev–Trinajstić information content (AvgIpc) is 3.21. The number of ether oxygens (including phenoxy) is 1. The summed E-state index contributed by atoms with van der Waals surface area (Å²) < 4.78 is 7.62. The van der Waals surface area contributed by atoms with Gasteiger partial charge in [-0.3, -0.25) is 9.59 Å². The summed E-state index contributed by atoms with van der Waals surface area (Å²) in [4.78, 5) is 26.2. The predicted octanol–water partition coefficient (Wildman–Crippen LogP) is 4.64. The molecule has 32 heavy (non-hydrogen) atoms. The van der Waals surface area contributed by atoms with E-state index in [1.165, 1.54) is 13.8 Å². The number of nitrogens with zero attached hydrogens (tertiary/aromatic N) is 2. The third kappa shape index (κ3) is 2.40. The van der Waals surface area contributed by atoms with Gasteiger partial charge in [-0.15, -0.1) is 0 Å². The highest BCUT2D eigenvalue weighted by atomic mass is 35.5. The largest absolute Gasteiger partial charge is 0.507 e. The van der Waals surface area contributed by atoms with Gasteiger partial charge in [0.2, 0.25) is 0 Å². The molecule has 0 amide bonds. The number of carbonyl (C=O) groups excluding carboxylic acids is 2. The third-order valence-electron chi connectivity index (χ3n) is 6.29. The number of phenolic OH excluding ortho intramolecular Hbond substituents is 2. The number of hydrogen-bond acceptors (Lipinski definition) is 6. The molecule has 1 aromatic heterocycles. The Morgan fingerprint density at radius 2 is 1.94 bits per heavy atom. The van der Waals surface area contributed by atoms with Crippen LogP contribution in [-0.2, 0) is 5.41 Å². The van der Waals surface area contributed by atoms with E-state index in [1.807, 2.05) is 6.07 Å². The summed E-state index contributed by atoms with van der Waals surface area (Å²) >= 11 is 6.15. The van der Waals surface area contributed by atoms with Crippen LogP contribution in [0.1, 0.15) is 57.1 Å². The summed E-state index contributed by atoms with van der Waals surface area (Å²) in [7, 11) is 0. The second kappa shape index (κ2) is 6.46. The van der Waals surface area contributed by atoms with E-state index in [2.05, 4.69) is 5.10 Å². The van der Waals surface area contributed by atoms with Crippen LogP contribution in [-0.4, -0.2) is 31.6 Å². The minimum atomic E-state index is -1.37. The second-order valence-electron chi connectivity index (χ2n) is 8.26. The predicted molar refractivity (Wildman–Crippen MR) is 118 cm³/mol. The van der Waals surface area contributed by atoms with Gasteiger partial charge in [-0.05, 0) is 45.9 Å². The lowest BCUT2D eigenvalue weighted by atomic mass is 9.71. The van der Waals surface area contributed by atoms with Gasteiger partial charge in [-0.25, -0.2) is 4.68 Å². The number of allylic oxidation sites excluding steroid dienone is 1. The first kappa shape index (κ1) is 20.3. The highest BCUT2D eigenvalue weighted by Crippen LogP contribution is 2.58. The number of carbonyl (C=O) groups is 2. The molecule has 3 aromatic rings. The number of rotatable bonds is 2. The first-order valence-corrected chi connectivity index (χ1v) is 10.4. The molecule has 0 spiro atoms. The van der Waals surface area contributed by atoms with Crippen molar-refractivity contribution in [1.29, 1.82) is 0 Å². The summed E-state index contributed by atoms with van der Waals surface area (Å²) in [6.07, 6.45) is 1.69. The first-order valence-electron chi connectivity index (χ1n) is 9.97. The van der Waals surface area contributed by atoms with E-state index in [4.69, 9.17) is 16.3 Å². The molecule has 7 nitrogen and oxygen atoms in total. The van der Waals surface area contributed by atoms with Crippen molar-refractivity contribution in [2.75, 3.05) is 0 Å². The fraction of sp³-hybridized carbons (Fsp3) is 0.208. The Kier molecular flexibility index (Phi) is 4.11. The van der Waals surface area contributed by atoms with Crippen molar-refractivity contribution in [2.24, 2.45) is 0 Å². The fourth-order valence-corrected chi connectivity index (χ4v) is 4.78. The zero-order valence-electron chi connectivity index (χ0n) is 17.8. The van der Waals surface area contributed by atoms with Crippen molar-refractivity contribution in [2.45, 2.75) is 33.1 Å². The zero-order chi connectivity index (χ0) is 23.1. The molecule has 2 N–H and O–H groups in total. The summed E-state index contributed by atoms with van der Waals surface area (Å²) in [6, 6.07) is 7.08. The van der Waals surface area contributed by atoms with Gasteiger partial charge >= 0.3 is 0 Å². The van der Waals surface area contributed by atoms with Gasteiger partial charge in [0, 0.05) is 16.7 Å². The molecule has 8 heteroatoms. The zero-order valence-corrected chi connectivity index (χ0v) is 18.5. The molecule has 5 rings (SSSR count). The molecule has 162 valence electrons. The van der Waals surface area contributed by atoms with Crippen molar-refractivity contribution in [3.8, 4) is 22.9 Å². The van der Waals surface area contributed by atoms with Crippen LogP contribution in [0.4, 0.5) is 0 Å². The van der Waals surface area contributed by atoms with E-state index in [0.717, 1.165) is 0 Å². The molecule has 0 saturated carbocycles. The lowest BCUT2D eigenvalue weighted by Gasteiger charge is -2.27. The number of benzene rings is 2. The molecule has 1 atom stereocenters. The second-order valence-corrected chi connectivity index (χ2v) is 8.70. The Morgan fingerprint density at radius 3 is 2.59 bits per heavy atom. The summed E-state index contributed by atoms with van der Waals surface area (Å²) in [5, 5.41) is 26.5. The molecule has 1 aliphatic heterocycles. The van der Waals surface area contributed by atoms with Gasteiger partial charge < -0.3 is 14.9 Å². The molecule has 1 unspecified atom stereocenters. The van der Waals surface area contributed by atoms with E-state index in [-0.39, 0.29) is 45.5 Å². The highest BCUT2D eigenvalue weighted by Gasteiger charge is 2.55. The molecule has 2 aliphatic rings. The monoisotopic (exact) mass is 450 g/mol. The topological polar surface area (TPSA) is 102 Å². The van der Waals surface area contributed by atoms with Crippen LogP contribution in [0.5, 0.6) is 17.2 Å². The molecule has 1 aliphatic carbocycles. The van der Waals surface area contributed by atoms with Crippen LogP contribution in [0.25, 0.3) is 11.8 Å². The third-order valence-corrected chi connectivity index (χ3v) is 6.53. The Balaban J connectivity index is 1.81. The van der Waals surface area contributed by atoms with Gasteiger partial charge in [-0.2, -0.15) is 5.10 Å². The van der Waals surface area contributed by atoms with Crippen molar-refractivity contribution < 1.29 is 24.5 Å². The van der Waals surface area contributed by atoms with E-state index in [1.54, 1.807) is 42.8 Å². The van der Waals surface area contributed by atoms with E-state index in [0.29, 0.717) is 27.7 Å². The van der Waals surface area contributed by atoms with Gasteiger partial charge in [0.1, 0.15) is 34.0 Å². The minimum absolute atomic E-state index is 0.00488. The van der Waals surface area contributed by atoms with E-state index >= 15 is 0 Å². The van der Waals surface area contributed by atoms with Gasteiger partial charge in [0.15, 0.2) is 11.6 Å². The summed E-state index contributed by atoms with van der Waals surface area (Å²) in [6.45, 7) is 6.17. The van der Waals surface area contributed by atoms with Crippen LogP contribution in [0.2, 0.25) is 5.02 Å². The summed E-state index contributed by atoms with van der Waals surface area (Å²) in [5.74, 6) is -1.13. The van der Waals surface area contributed by atoms with Crippen molar-refractivity contribution in [3.05, 3.63) is 68.7 Å². The normalized spacial score (nSPS) is 18.5. The van der Waals surface area contributed by atoms with Gasteiger partial charge in [0.05, 0.1) is 28.2 Å². The molecule has 0 fully saturated rings. The number of aromatic hydroxyl groups is 2. The van der Waals surface area contributed by atoms with Crippen LogP contribution in [0, 0.1) is 13.8 Å². The van der Waals surface area contributed by atoms with Crippen molar-refractivity contribution >= 4 is 29.2 Å². The molecule has 2 aromatic carbocycles. The van der Waals surface area contributed by atoms with E-state index in [9.17, 15) is 19.8 Å². The molecule has 0 bridgehead atoms. The number of aromatic nitrogens is 2. The Hall–Kier alpha value is -3.58. The molecule has 2 heterocycles. The van der Waals surface area contributed by atoms with Crippen LogP contribution < -0.4 is 4.74 Å². The van der Waals surface area contributed by atoms with Crippen molar-refractivity contribution in [1.82, 2.24) is 9.78 Å². The Morgan fingerprint density at radius 1 is 1.22 bits per heavy atom. The fourth-order valence-electron chi connectivity index (χ4n) is 4.59.